The van der Waals surface area contributed by atoms with Crippen LogP contribution in [0.15, 0.2) is 158 Å². The van der Waals surface area contributed by atoms with E-state index in [1.54, 1.807) is 0 Å². The molecule has 8 aromatic carbocycles. The van der Waals surface area contributed by atoms with Crippen LogP contribution in [0.25, 0.3) is 88.0 Å². The lowest BCUT2D eigenvalue weighted by Gasteiger charge is -2.25. The Morgan fingerprint density at radius 3 is 1.12 bits per heavy atom. The Morgan fingerprint density at radius 2 is 0.571 bits per heavy atom. The second-order valence-electron chi connectivity index (χ2n) is 11.2. The summed E-state index contributed by atoms with van der Waals surface area (Å²) in [5.41, 5.74) is 12.7. The zero-order valence-corrected chi connectivity index (χ0v) is 23.0. The smallest absolute Gasteiger partial charge is 0.00204 e. The van der Waals surface area contributed by atoms with E-state index in [0.29, 0.717) is 0 Å². The van der Waals surface area contributed by atoms with Gasteiger partial charge in [0.25, 0.3) is 0 Å². The van der Waals surface area contributed by atoms with Crippen molar-refractivity contribution in [3.8, 4) is 55.6 Å². The summed E-state index contributed by atoms with van der Waals surface area (Å²) in [4.78, 5) is 0. The second kappa shape index (κ2) is 9.03. The summed E-state index contributed by atoms with van der Waals surface area (Å²) in [5.74, 6) is 0. The lowest BCUT2D eigenvalue weighted by molar-refractivity contribution is 1.52. The molecule has 1 aliphatic carbocycles. The van der Waals surface area contributed by atoms with Gasteiger partial charge in [-0.3, -0.25) is 0 Å². The van der Waals surface area contributed by atoms with Crippen molar-refractivity contribution >= 4 is 32.3 Å². The highest BCUT2D eigenvalue weighted by atomic mass is 14.3. The molecule has 42 heavy (non-hydrogen) atoms. The molecule has 1 aliphatic rings. The Balaban J connectivity index is 1.40. The summed E-state index contributed by atoms with van der Waals surface area (Å²) in [6.45, 7) is 0. The van der Waals surface area contributed by atoms with Crippen LogP contribution in [0.3, 0.4) is 0 Å². The first-order valence-corrected chi connectivity index (χ1v) is 14.6. The van der Waals surface area contributed by atoms with E-state index in [9.17, 15) is 0 Å². The van der Waals surface area contributed by atoms with Crippen molar-refractivity contribution < 1.29 is 0 Å². The molecule has 0 N–H and O–H groups in total. The van der Waals surface area contributed by atoms with Crippen LogP contribution in [-0.4, -0.2) is 0 Å². The highest BCUT2D eigenvalue weighted by molar-refractivity contribution is 6.26. The number of hydrogen-bond donors (Lipinski definition) is 0. The molecule has 0 radical (unpaired) electrons. The van der Waals surface area contributed by atoms with Crippen LogP contribution in [0.1, 0.15) is 0 Å². The minimum Gasteiger partial charge on any atom is -0.0616 e. The van der Waals surface area contributed by atoms with Crippen LogP contribution in [-0.2, 0) is 0 Å². The topological polar surface area (TPSA) is 0 Å². The summed E-state index contributed by atoms with van der Waals surface area (Å²) >= 11 is 0. The maximum absolute atomic E-state index is 2.42. The van der Waals surface area contributed by atoms with Crippen LogP contribution in [0.2, 0.25) is 0 Å². The van der Waals surface area contributed by atoms with Gasteiger partial charge in [0.1, 0.15) is 0 Å². The Hall–Kier alpha value is -5.46. The lowest BCUT2D eigenvalue weighted by Crippen LogP contribution is -1.98. The van der Waals surface area contributed by atoms with Crippen molar-refractivity contribution in [1.29, 1.82) is 0 Å². The van der Waals surface area contributed by atoms with E-state index in [0.717, 1.165) is 0 Å². The third kappa shape index (κ3) is 3.30. The maximum atomic E-state index is 2.42. The maximum Gasteiger partial charge on any atom is -0.00204 e. The van der Waals surface area contributed by atoms with Crippen molar-refractivity contribution in [1.82, 2.24) is 0 Å². The van der Waals surface area contributed by atoms with Gasteiger partial charge in [0.2, 0.25) is 0 Å². The molecule has 0 amide bonds. The SMILES string of the molecule is c1ccc2c(c1)-c1ccccc1-c1cccc(-c3ccc4c5ccccc5c5ccccc5c4c3)c1-c1ccccc1-2. The van der Waals surface area contributed by atoms with Gasteiger partial charge in [-0.2, -0.15) is 0 Å². The molecule has 0 nitrogen and oxygen atoms in total. The van der Waals surface area contributed by atoms with Gasteiger partial charge in [0.05, 0.1) is 0 Å². The van der Waals surface area contributed by atoms with Gasteiger partial charge >= 0.3 is 0 Å². The van der Waals surface area contributed by atoms with Crippen molar-refractivity contribution in [2.45, 2.75) is 0 Å². The zero-order valence-electron chi connectivity index (χ0n) is 23.0. The molecule has 0 saturated heterocycles. The molecule has 0 aliphatic heterocycles. The van der Waals surface area contributed by atoms with Gasteiger partial charge in [-0.05, 0) is 94.0 Å². The highest BCUT2D eigenvalue weighted by Crippen LogP contribution is 2.50. The molecule has 0 heterocycles. The molecular weight excluding hydrogens is 504 g/mol. The van der Waals surface area contributed by atoms with E-state index >= 15 is 0 Å². The van der Waals surface area contributed by atoms with Crippen molar-refractivity contribution in [3.05, 3.63) is 158 Å². The minimum atomic E-state index is 1.24. The molecule has 0 saturated carbocycles. The summed E-state index contributed by atoms with van der Waals surface area (Å²) < 4.78 is 0. The van der Waals surface area contributed by atoms with Gasteiger partial charge in [0.15, 0.2) is 0 Å². The summed E-state index contributed by atoms with van der Waals surface area (Å²) in [7, 11) is 0. The standard InChI is InChI=1S/C42H26/c1-3-14-31-29(12-1)32-15-5-7-18-36(32)40-23-11-22-28(42(40)39-21-10-9-19-35(31)39)27-24-25-38-34-17-4-2-13-30(34)33-16-6-8-20-37(33)41(38)26-27/h1-26H. The van der Waals surface area contributed by atoms with E-state index < -0.39 is 0 Å². The normalized spacial score (nSPS) is 11.8. The van der Waals surface area contributed by atoms with Crippen LogP contribution in [0.4, 0.5) is 0 Å². The average Bonchev–Trinajstić information content (AvgIpc) is 3.07. The predicted molar refractivity (Wildman–Crippen MR) is 180 cm³/mol. The zero-order chi connectivity index (χ0) is 27.6. The third-order valence-corrected chi connectivity index (χ3v) is 9.04. The summed E-state index contributed by atoms with van der Waals surface area (Å²) in [5, 5.41) is 7.80. The molecule has 0 spiro atoms. The number of rotatable bonds is 1. The van der Waals surface area contributed by atoms with Crippen molar-refractivity contribution in [3.63, 3.8) is 0 Å². The van der Waals surface area contributed by atoms with E-state index in [-0.39, 0.29) is 0 Å². The van der Waals surface area contributed by atoms with Crippen LogP contribution in [0, 0.1) is 0 Å². The predicted octanol–water partition coefficient (Wildman–Crippen LogP) is 11.8. The molecule has 0 unspecified atom stereocenters. The fourth-order valence-corrected chi connectivity index (χ4v) is 7.22. The average molecular weight is 531 g/mol. The molecule has 194 valence electrons. The minimum absolute atomic E-state index is 1.24. The summed E-state index contributed by atoms with van der Waals surface area (Å²) in [6.07, 6.45) is 0. The van der Waals surface area contributed by atoms with Gasteiger partial charge < -0.3 is 0 Å². The molecule has 0 bridgehead atoms. The second-order valence-corrected chi connectivity index (χ2v) is 11.2. The molecule has 0 atom stereocenters. The largest absolute Gasteiger partial charge is 0.0616 e. The monoisotopic (exact) mass is 530 g/mol. The highest BCUT2D eigenvalue weighted by Gasteiger charge is 2.24. The summed E-state index contributed by atoms with van der Waals surface area (Å²) in [6, 6.07) is 58.2. The fraction of sp³-hybridized carbons (Fsp3) is 0. The number of benzene rings is 8. The van der Waals surface area contributed by atoms with Crippen LogP contribution in [0.5, 0.6) is 0 Å². The Kier molecular flexibility index (Phi) is 5.00. The van der Waals surface area contributed by atoms with Crippen LogP contribution < -0.4 is 0 Å². The molecule has 0 aromatic heterocycles. The Labute approximate surface area is 245 Å². The fourth-order valence-electron chi connectivity index (χ4n) is 7.22. The van der Waals surface area contributed by atoms with E-state index in [4.69, 9.17) is 0 Å². The quantitative estimate of drug-likeness (QED) is 0.185. The lowest BCUT2D eigenvalue weighted by atomic mass is 9.78. The third-order valence-electron chi connectivity index (χ3n) is 9.04. The van der Waals surface area contributed by atoms with Gasteiger partial charge in [0, 0.05) is 0 Å². The van der Waals surface area contributed by atoms with E-state index in [1.807, 2.05) is 0 Å². The molecule has 0 heteroatoms. The first kappa shape index (κ1) is 23.3. The Bertz CT molecular complexity index is 2310. The molecule has 0 fully saturated rings. The first-order valence-electron chi connectivity index (χ1n) is 14.6. The first-order chi connectivity index (χ1) is 20.9. The molecule has 8 aromatic rings. The Morgan fingerprint density at radius 1 is 0.214 bits per heavy atom. The van der Waals surface area contributed by atoms with Crippen molar-refractivity contribution in [2.75, 3.05) is 0 Å². The van der Waals surface area contributed by atoms with E-state index in [1.165, 1.54) is 88.0 Å². The van der Waals surface area contributed by atoms with Crippen LogP contribution >= 0.6 is 0 Å². The van der Waals surface area contributed by atoms with Gasteiger partial charge in [-0.15, -0.1) is 0 Å². The van der Waals surface area contributed by atoms with Gasteiger partial charge in [-0.1, -0.05) is 152 Å². The van der Waals surface area contributed by atoms with Gasteiger partial charge in [-0.25, -0.2) is 0 Å². The molecular formula is C42H26. The number of fused-ring (bicyclic) bond motifs is 14. The van der Waals surface area contributed by atoms with E-state index in [2.05, 4.69) is 158 Å². The molecule has 9 rings (SSSR count). The van der Waals surface area contributed by atoms with Crippen molar-refractivity contribution in [2.24, 2.45) is 0 Å². The number of hydrogen-bond acceptors (Lipinski definition) is 0.